The van der Waals surface area contributed by atoms with Gasteiger partial charge in [-0.15, -0.1) is 0 Å². The molecule has 2 nitrogen and oxygen atoms in total. The van der Waals surface area contributed by atoms with Gasteiger partial charge in [0.15, 0.2) is 0 Å². The molecule has 1 aliphatic carbocycles. The van der Waals surface area contributed by atoms with Crippen LogP contribution in [0.4, 0.5) is 0 Å². The second-order valence-corrected chi connectivity index (χ2v) is 8.09. The van der Waals surface area contributed by atoms with Crippen LogP contribution >= 0.6 is 0 Å². The highest BCUT2D eigenvalue weighted by Gasteiger charge is 2.30. The van der Waals surface area contributed by atoms with Gasteiger partial charge in [0.25, 0.3) is 0 Å². The fourth-order valence-corrected chi connectivity index (χ4v) is 4.28. The summed E-state index contributed by atoms with van der Waals surface area (Å²) in [5.74, 6) is 0.922. The first-order valence-electron chi connectivity index (χ1n) is 8.98. The standard InChI is InChI=1S/C18H36N2/c1-5-19-16-8-10-17(11-9-16)20-13-6-7-15(12-14-20)18(2,3)4/h15-17,19H,5-14H2,1-4H3. The summed E-state index contributed by atoms with van der Waals surface area (Å²) < 4.78 is 0. The molecule has 0 amide bonds. The van der Waals surface area contributed by atoms with Gasteiger partial charge in [-0.3, -0.25) is 0 Å². The second kappa shape index (κ2) is 7.26. The Morgan fingerprint density at radius 1 is 0.950 bits per heavy atom. The van der Waals surface area contributed by atoms with Gasteiger partial charge in [0.05, 0.1) is 0 Å². The minimum Gasteiger partial charge on any atom is -0.314 e. The Morgan fingerprint density at radius 3 is 2.25 bits per heavy atom. The minimum absolute atomic E-state index is 0.499. The molecule has 20 heavy (non-hydrogen) atoms. The molecule has 1 N–H and O–H groups in total. The fourth-order valence-electron chi connectivity index (χ4n) is 4.28. The van der Waals surface area contributed by atoms with E-state index in [1.807, 2.05) is 0 Å². The molecule has 118 valence electrons. The van der Waals surface area contributed by atoms with Crippen LogP contribution in [-0.4, -0.2) is 36.6 Å². The molecule has 2 fully saturated rings. The quantitative estimate of drug-likeness (QED) is 0.839. The van der Waals surface area contributed by atoms with Crippen molar-refractivity contribution in [2.24, 2.45) is 11.3 Å². The summed E-state index contributed by atoms with van der Waals surface area (Å²) in [7, 11) is 0. The summed E-state index contributed by atoms with van der Waals surface area (Å²) in [5.41, 5.74) is 0.499. The Bertz CT molecular complexity index is 274. The van der Waals surface area contributed by atoms with Crippen LogP contribution in [-0.2, 0) is 0 Å². The molecular weight excluding hydrogens is 244 g/mol. The van der Waals surface area contributed by atoms with Crippen LogP contribution in [0, 0.1) is 11.3 Å². The Hall–Kier alpha value is -0.0800. The van der Waals surface area contributed by atoms with Crippen molar-refractivity contribution in [1.82, 2.24) is 10.2 Å². The van der Waals surface area contributed by atoms with Crippen LogP contribution in [0.25, 0.3) is 0 Å². The predicted molar refractivity (Wildman–Crippen MR) is 88.1 cm³/mol. The van der Waals surface area contributed by atoms with Crippen molar-refractivity contribution in [2.45, 2.75) is 84.7 Å². The van der Waals surface area contributed by atoms with E-state index in [1.54, 1.807) is 0 Å². The van der Waals surface area contributed by atoms with Gasteiger partial charge in [-0.25, -0.2) is 0 Å². The summed E-state index contributed by atoms with van der Waals surface area (Å²) in [6, 6.07) is 1.68. The first kappa shape index (κ1) is 16.3. The molecule has 0 spiro atoms. The van der Waals surface area contributed by atoms with Gasteiger partial charge in [0.2, 0.25) is 0 Å². The van der Waals surface area contributed by atoms with Crippen molar-refractivity contribution in [1.29, 1.82) is 0 Å². The molecule has 0 aromatic rings. The zero-order valence-electron chi connectivity index (χ0n) is 14.3. The molecule has 2 rings (SSSR count). The molecule has 1 unspecified atom stereocenters. The lowest BCUT2D eigenvalue weighted by Crippen LogP contribution is -2.43. The smallest absolute Gasteiger partial charge is 0.00964 e. The van der Waals surface area contributed by atoms with Crippen molar-refractivity contribution in [3.8, 4) is 0 Å². The van der Waals surface area contributed by atoms with E-state index in [-0.39, 0.29) is 0 Å². The maximum Gasteiger partial charge on any atom is 0.00964 e. The SMILES string of the molecule is CCNC1CCC(N2CCCC(C(C)(C)C)CC2)CC1. The highest BCUT2D eigenvalue weighted by molar-refractivity contribution is 4.86. The molecular formula is C18H36N2. The molecule has 1 atom stereocenters. The van der Waals surface area contributed by atoms with Gasteiger partial charge in [-0.05, 0) is 75.9 Å². The zero-order chi connectivity index (χ0) is 14.6. The van der Waals surface area contributed by atoms with E-state index in [2.05, 4.69) is 37.9 Å². The number of likely N-dealkylation sites (tertiary alicyclic amines) is 1. The third-order valence-electron chi connectivity index (χ3n) is 5.69. The van der Waals surface area contributed by atoms with Gasteiger partial charge < -0.3 is 10.2 Å². The van der Waals surface area contributed by atoms with Gasteiger partial charge >= 0.3 is 0 Å². The number of hydrogen-bond donors (Lipinski definition) is 1. The Labute approximate surface area is 126 Å². The Kier molecular flexibility index (Phi) is 5.92. The lowest BCUT2D eigenvalue weighted by atomic mass is 9.77. The molecule has 0 bridgehead atoms. The molecule has 0 aromatic heterocycles. The van der Waals surface area contributed by atoms with Gasteiger partial charge in [0, 0.05) is 12.1 Å². The van der Waals surface area contributed by atoms with Crippen LogP contribution in [0.3, 0.4) is 0 Å². The number of rotatable bonds is 3. The third-order valence-corrected chi connectivity index (χ3v) is 5.69. The largest absolute Gasteiger partial charge is 0.314 e. The maximum atomic E-state index is 3.63. The Morgan fingerprint density at radius 2 is 1.65 bits per heavy atom. The highest BCUT2D eigenvalue weighted by atomic mass is 15.2. The minimum atomic E-state index is 0.499. The molecule has 2 aliphatic rings. The molecule has 1 heterocycles. The van der Waals surface area contributed by atoms with Crippen LogP contribution < -0.4 is 5.32 Å². The second-order valence-electron chi connectivity index (χ2n) is 8.09. The lowest BCUT2D eigenvalue weighted by Gasteiger charge is -2.37. The van der Waals surface area contributed by atoms with Crippen molar-refractivity contribution >= 4 is 0 Å². The molecule has 1 aliphatic heterocycles. The van der Waals surface area contributed by atoms with Crippen LogP contribution in [0.15, 0.2) is 0 Å². The summed E-state index contributed by atoms with van der Waals surface area (Å²) in [4.78, 5) is 2.83. The van der Waals surface area contributed by atoms with E-state index in [4.69, 9.17) is 0 Å². The first-order valence-corrected chi connectivity index (χ1v) is 8.98. The first-order chi connectivity index (χ1) is 9.50. The molecule has 2 heteroatoms. The van der Waals surface area contributed by atoms with E-state index in [0.717, 1.165) is 24.5 Å². The monoisotopic (exact) mass is 280 g/mol. The molecule has 1 saturated heterocycles. The van der Waals surface area contributed by atoms with E-state index in [0.29, 0.717) is 5.41 Å². The Balaban J connectivity index is 1.80. The average molecular weight is 280 g/mol. The van der Waals surface area contributed by atoms with E-state index < -0.39 is 0 Å². The summed E-state index contributed by atoms with van der Waals surface area (Å²) in [6.07, 6.45) is 9.86. The fraction of sp³-hybridized carbons (Fsp3) is 1.00. The normalized spacial score (nSPS) is 33.9. The van der Waals surface area contributed by atoms with Crippen LogP contribution in [0.2, 0.25) is 0 Å². The predicted octanol–water partition coefficient (Wildman–Crippen LogP) is 4.06. The van der Waals surface area contributed by atoms with E-state index in [9.17, 15) is 0 Å². The van der Waals surface area contributed by atoms with E-state index >= 15 is 0 Å². The lowest BCUT2D eigenvalue weighted by molar-refractivity contribution is 0.141. The van der Waals surface area contributed by atoms with Gasteiger partial charge in [-0.1, -0.05) is 27.7 Å². The maximum absolute atomic E-state index is 3.63. The molecule has 0 radical (unpaired) electrons. The van der Waals surface area contributed by atoms with Crippen LogP contribution in [0.1, 0.15) is 72.6 Å². The summed E-state index contributed by atoms with van der Waals surface area (Å²) in [6.45, 7) is 13.3. The molecule has 0 aromatic carbocycles. The number of hydrogen-bond acceptors (Lipinski definition) is 2. The van der Waals surface area contributed by atoms with Gasteiger partial charge in [0.1, 0.15) is 0 Å². The van der Waals surface area contributed by atoms with Crippen molar-refractivity contribution in [3.63, 3.8) is 0 Å². The zero-order valence-corrected chi connectivity index (χ0v) is 14.3. The molecule has 1 saturated carbocycles. The number of nitrogens with zero attached hydrogens (tertiary/aromatic N) is 1. The van der Waals surface area contributed by atoms with Gasteiger partial charge in [-0.2, -0.15) is 0 Å². The van der Waals surface area contributed by atoms with Crippen molar-refractivity contribution < 1.29 is 0 Å². The highest BCUT2D eigenvalue weighted by Crippen LogP contribution is 2.35. The summed E-state index contributed by atoms with van der Waals surface area (Å²) >= 11 is 0. The van der Waals surface area contributed by atoms with E-state index in [1.165, 1.54) is 58.0 Å². The van der Waals surface area contributed by atoms with Crippen molar-refractivity contribution in [3.05, 3.63) is 0 Å². The topological polar surface area (TPSA) is 15.3 Å². The summed E-state index contributed by atoms with van der Waals surface area (Å²) in [5, 5.41) is 3.63. The van der Waals surface area contributed by atoms with Crippen molar-refractivity contribution in [2.75, 3.05) is 19.6 Å². The third kappa shape index (κ3) is 4.46. The average Bonchev–Trinajstić information content (AvgIpc) is 2.65. The van der Waals surface area contributed by atoms with Crippen LogP contribution in [0.5, 0.6) is 0 Å². The number of nitrogens with one attached hydrogen (secondary N) is 1.